The van der Waals surface area contributed by atoms with Crippen LogP contribution in [-0.2, 0) is 4.74 Å². The van der Waals surface area contributed by atoms with E-state index in [1.165, 1.54) is 18.2 Å². The molecular weight excluding hydrogens is 277 g/mol. The molecule has 0 aliphatic rings. The Labute approximate surface area is 117 Å². The van der Waals surface area contributed by atoms with Gasteiger partial charge in [0.2, 0.25) is 5.82 Å². The fourth-order valence-corrected chi connectivity index (χ4v) is 1.99. The highest BCUT2D eigenvalue weighted by atomic mass is 19.1. The minimum absolute atomic E-state index is 0.0694. The normalized spacial score (nSPS) is 11.0. The van der Waals surface area contributed by atoms with Gasteiger partial charge in [0, 0.05) is 11.5 Å². The molecule has 3 rings (SSSR count). The van der Waals surface area contributed by atoms with Crippen LogP contribution < -0.4 is 5.56 Å². The Bertz CT molecular complexity index is 920. The Hall–Kier alpha value is -2.83. The van der Waals surface area contributed by atoms with Gasteiger partial charge in [-0.15, -0.1) is 0 Å². The van der Waals surface area contributed by atoms with Gasteiger partial charge >= 0.3 is 5.97 Å². The lowest BCUT2D eigenvalue weighted by Gasteiger charge is -2.04. The number of H-pyrrole nitrogens is 1. The third-order valence-electron chi connectivity index (χ3n) is 2.92. The molecule has 0 unspecified atom stereocenters. The number of nitrogens with zero attached hydrogens (tertiary/aromatic N) is 2. The number of hydrogen-bond acceptors (Lipinski definition) is 5. The second-order valence-corrected chi connectivity index (χ2v) is 4.33. The van der Waals surface area contributed by atoms with Gasteiger partial charge < -0.3 is 9.72 Å². The first-order chi connectivity index (χ1) is 10.1. The van der Waals surface area contributed by atoms with Crippen LogP contribution in [-0.4, -0.2) is 27.5 Å². The number of carbonyl (C=O) groups excluding carboxylic acids is 1. The highest BCUT2D eigenvalue weighted by Gasteiger charge is 2.13. The predicted molar refractivity (Wildman–Crippen MR) is 73.6 cm³/mol. The number of aromatic amines is 1. The van der Waals surface area contributed by atoms with Crippen molar-refractivity contribution in [3.8, 4) is 0 Å². The molecule has 1 N–H and O–H groups in total. The number of esters is 1. The van der Waals surface area contributed by atoms with Crippen molar-refractivity contribution in [3.05, 3.63) is 46.3 Å². The number of benzene rings is 1. The molecule has 0 saturated heterocycles. The number of ether oxygens (including phenoxy) is 1. The number of halogens is 1. The summed E-state index contributed by atoms with van der Waals surface area (Å²) in [5.41, 5.74) is -0.0721. The lowest BCUT2D eigenvalue weighted by molar-refractivity contribution is 0.0512. The van der Waals surface area contributed by atoms with E-state index in [0.717, 1.165) is 0 Å². The van der Waals surface area contributed by atoms with E-state index < -0.39 is 17.3 Å². The summed E-state index contributed by atoms with van der Waals surface area (Å²) in [7, 11) is 0. The van der Waals surface area contributed by atoms with E-state index in [0.29, 0.717) is 10.9 Å². The van der Waals surface area contributed by atoms with Gasteiger partial charge in [-0.05, 0) is 25.1 Å². The summed E-state index contributed by atoms with van der Waals surface area (Å²) in [6.45, 7) is 1.81. The van der Waals surface area contributed by atoms with Gasteiger partial charge in [-0.25, -0.2) is 19.2 Å². The lowest BCUT2D eigenvalue weighted by Crippen LogP contribution is -2.18. The molecule has 6 nitrogen and oxygen atoms in total. The Morgan fingerprint density at radius 1 is 1.33 bits per heavy atom. The molecule has 3 aromatic rings. The number of rotatable bonds is 2. The van der Waals surface area contributed by atoms with Crippen molar-refractivity contribution in [3.63, 3.8) is 0 Å². The molecule has 0 aliphatic carbocycles. The van der Waals surface area contributed by atoms with E-state index >= 15 is 0 Å². The van der Waals surface area contributed by atoms with E-state index in [1.807, 2.05) is 0 Å². The molecule has 0 radical (unpaired) electrons. The first kappa shape index (κ1) is 13.2. The molecule has 2 aromatic heterocycles. The first-order valence-electron chi connectivity index (χ1n) is 6.26. The number of pyridine rings is 1. The lowest BCUT2D eigenvalue weighted by atomic mass is 10.2. The zero-order valence-corrected chi connectivity index (χ0v) is 11.0. The van der Waals surface area contributed by atoms with Crippen molar-refractivity contribution in [2.75, 3.05) is 6.61 Å². The molecule has 0 aliphatic heterocycles. The maximum atomic E-state index is 13.2. The van der Waals surface area contributed by atoms with Gasteiger partial charge in [-0.3, -0.25) is 4.79 Å². The van der Waals surface area contributed by atoms with Gasteiger partial charge in [-0.1, -0.05) is 0 Å². The van der Waals surface area contributed by atoms with Gasteiger partial charge in [0.25, 0.3) is 5.56 Å². The molecule has 21 heavy (non-hydrogen) atoms. The Balaban J connectivity index is 2.28. The molecule has 0 amide bonds. The maximum Gasteiger partial charge on any atom is 0.374 e. The van der Waals surface area contributed by atoms with Crippen molar-refractivity contribution in [2.45, 2.75) is 6.92 Å². The molecule has 0 spiro atoms. The minimum Gasteiger partial charge on any atom is -0.460 e. The van der Waals surface area contributed by atoms with Crippen molar-refractivity contribution < 1.29 is 13.9 Å². The topological polar surface area (TPSA) is 84.9 Å². The van der Waals surface area contributed by atoms with E-state index in [1.54, 1.807) is 13.0 Å². The van der Waals surface area contributed by atoms with Crippen molar-refractivity contribution in [1.29, 1.82) is 0 Å². The largest absolute Gasteiger partial charge is 0.460 e. The number of fused-ring (bicyclic) bond motifs is 2. The minimum atomic E-state index is -0.738. The van der Waals surface area contributed by atoms with E-state index in [9.17, 15) is 14.0 Å². The SMILES string of the molecule is CCOC(=O)c1nc2nc3cc(F)ccc3cc2c(=O)[nH]1. The Kier molecular flexibility index (Phi) is 3.09. The number of carbonyl (C=O) groups is 1. The Morgan fingerprint density at radius 3 is 2.90 bits per heavy atom. The van der Waals surface area contributed by atoms with E-state index in [-0.39, 0.29) is 23.5 Å². The Morgan fingerprint density at radius 2 is 2.14 bits per heavy atom. The zero-order valence-electron chi connectivity index (χ0n) is 11.0. The summed E-state index contributed by atoms with van der Waals surface area (Å²) in [6.07, 6.45) is 0. The van der Waals surface area contributed by atoms with Crippen LogP contribution in [0.3, 0.4) is 0 Å². The molecule has 2 heterocycles. The molecule has 0 bridgehead atoms. The molecule has 0 atom stereocenters. The van der Waals surface area contributed by atoms with Gasteiger partial charge in [-0.2, -0.15) is 0 Å². The smallest absolute Gasteiger partial charge is 0.374 e. The van der Waals surface area contributed by atoms with Crippen LogP contribution in [0.4, 0.5) is 4.39 Å². The number of hydrogen-bond donors (Lipinski definition) is 1. The standard InChI is InChI=1S/C14H10FN3O3/c1-2-21-14(20)12-17-11-9(13(19)18-12)5-7-3-4-8(15)6-10(7)16-11/h3-6H,2H2,1H3,(H,16,17,18,19). The van der Waals surface area contributed by atoms with Crippen LogP contribution in [0.1, 0.15) is 17.5 Å². The fourth-order valence-electron chi connectivity index (χ4n) is 1.99. The summed E-state index contributed by atoms with van der Waals surface area (Å²) < 4.78 is 18.0. The second kappa shape index (κ2) is 4.93. The van der Waals surface area contributed by atoms with Crippen LogP contribution in [0.25, 0.3) is 21.9 Å². The predicted octanol–water partition coefficient (Wildman–Crippen LogP) is 1.79. The molecule has 0 saturated carbocycles. The monoisotopic (exact) mass is 287 g/mol. The van der Waals surface area contributed by atoms with Crippen LogP contribution in [0.5, 0.6) is 0 Å². The average molecular weight is 287 g/mol. The van der Waals surface area contributed by atoms with Crippen LogP contribution in [0.2, 0.25) is 0 Å². The van der Waals surface area contributed by atoms with Crippen LogP contribution in [0, 0.1) is 5.82 Å². The molecule has 7 heteroatoms. The van der Waals surface area contributed by atoms with Gasteiger partial charge in [0.05, 0.1) is 17.5 Å². The average Bonchev–Trinajstić information content (AvgIpc) is 2.45. The summed E-state index contributed by atoms with van der Waals surface area (Å²) in [5, 5.41) is 0.835. The van der Waals surface area contributed by atoms with Crippen LogP contribution >= 0.6 is 0 Å². The second-order valence-electron chi connectivity index (χ2n) is 4.33. The summed E-state index contributed by atoms with van der Waals surface area (Å²) in [5.74, 6) is -1.40. The fraction of sp³-hybridized carbons (Fsp3) is 0.143. The number of aromatic nitrogens is 3. The van der Waals surface area contributed by atoms with E-state index in [4.69, 9.17) is 4.74 Å². The molecular formula is C14H10FN3O3. The van der Waals surface area contributed by atoms with Gasteiger partial charge in [0.1, 0.15) is 5.82 Å². The summed E-state index contributed by atoms with van der Waals surface area (Å²) in [6, 6.07) is 5.60. The maximum absolute atomic E-state index is 13.2. The van der Waals surface area contributed by atoms with Gasteiger partial charge in [0.15, 0.2) is 5.65 Å². The number of nitrogens with one attached hydrogen (secondary N) is 1. The third-order valence-corrected chi connectivity index (χ3v) is 2.92. The van der Waals surface area contributed by atoms with Crippen molar-refractivity contribution in [2.24, 2.45) is 0 Å². The quantitative estimate of drug-likeness (QED) is 0.573. The summed E-state index contributed by atoms with van der Waals surface area (Å²) >= 11 is 0. The summed E-state index contributed by atoms with van der Waals surface area (Å²) in [4.78, 5) is 34.1. The molecule has 0 fully saturated rings. The molecule has 1 aromatic carbocycles. The zero-order chi connectivity index (χ0) is 15.0. The highest BCUT2D eigenvalue weighted by Crippen LogP contribution is 2.17. The van der Waals surface area contributed by atoms with Crippen molar-refractivity contribution in [1.82, 2.24) is 15.0 Å². The van der Waals surface area contributed by atoms with Crippen LogP contribution in [0.15, 0.2) is 29.1 Å². The molecule has 106 valence electrons. The first-order valence-corrected chi connectivity index (χ1v) is 6.26. The van der Waals surface area contributed by atoms with E-state index in [2.05, 4.69) is 15.0 Å². The highest BCUT2D eigenvalue weighted by molar-refractivity contribution is 5.92. The van der Waals surface area contributed by atoms with Crippen molar-refractivity contribution >= 4 is 27.9 Å². The third kappa shape index (κ3) is 2.33.